The van der Waals surface area contributed by atoms with Crippen molar-refractivity contribution in [3.8, 4) is 0 Å². The van der Waals surface area contributed by atoms with Gasteiger partial charge in [0.2, 0.25) is 0 Å². The first-order chi connectivity index (χ1) is 16.5. The molecule has 1 aliphatic heterocycles. The van der Waals surface area contributed by atoms with E-state index in [1.807, 2.05) is 0 Å². The minimum absolute atomic E-state index is 0.0703. The molecular weight excluding hydrogens is 436 g/mol. The Labute approximate surface area is 208 Å². The predicted octanol–water partition coefficient (Wildman–Crippen LogP) is 3.25. The fraction of sp³-hybridized carbons (Fsp3) is 1.00. The van der Waals surface area contributed by atoms with Gasteiger partial charge in [-0.25, -0.2) is 0 Å². The standard InChI is InChI=1S/C26H54N2O6/c1-3-4-5-6-7-8-9-10-11-12-13-14-15-16-17-32-19-21(31-2)20-33-26-23(28)25(30)24(29)22(18-27)34-26/h21-26,29-30H,3-20,27-28H2,1-2H3/t21?,22?,23-,24-,25?,26+/m0/s1. The molecule has 3 unspecified atom stereocenters. The van der Waals surface area contributed by atoms with Crippen molar-refractivity contribution >= 4 is 0 Å². The molecule has 1 fully saturated rings. The van der Waals surface area contributed by atoms with Gasteiger partial charge in [0.05, 0.1) is 19.3 Å². The van der Waals surface area contributed by atoms with Crippen LogP contribution in [0.25, 0.3) is 0 Å². The van der Waals surface area contributed by atoms with Crippen LogP contribution in [0, 0.1) is 0 Å². The molecule has 0 amide bonds. The summed E-state index contributed by atoms with van der Waals surface area (Å²) in [5, 5.41) is 20.0. The summed E-state index contributed by atoms with van der Waals surface area (Å²) in [5.41, 5.74) is 11.5. The van der Waals surface area contributed by atoms with Gasteiger partial charge < -0.3 is 40.6 Å². The number of hydrogen-bond donors (Lipinski definition) is 4. The largest absolute Gasteiger partial charge is 0.388 e. The third kappa shape index (κ3) is 13.7. The van der Waals surface area contributed by atoms with Crippen molar-refractivity contribution in [1.29, 1.82) is 0 Å². The average Bonchev–Trinajstić information content (AvgIpc) is 2.85. The zero-order valence-corrected chi connectivity index (χ0v) is 21.9. The molecule has 204 valence electrons. The van der Waals surface area contributed by atoms with Crippen LogP contribution in [0.1, 0.15) is 96.8 Å². The second-order valence-electron chi connectivity index (χ2n) is 9.70. The first-order valence-corrected chi connectivity index (χ1v) is 13.7. The van der Waals surface area contributed by atoms with Gasteiger partial charge in [0.25, 0.3) is 0 Å². The number of hydrogen-bond acceptors (Lipinski definition) is 8. The van der Waals surface area contributed by atoms with E-state index in [0.29, 0.717) is 13.2 Å². The van der Waals surface area contributed by atoms with E-state index in [9.17, 15) is 10.2 Å². The Morgan fingerprint density at radius 3 is 1.82 bits per heavy atom. The summed E-state index contributed by atoms with van der Waals surface area (Å²) in [6, 6.07) is -0.855. The monoisotopic (exact) mass is 490 g/mol. The molecule has 8 heteroatoms. The average molecular weight is 491 g/mol. The Morgan fingerprint density at radius 2 is 1.32 bits per heavy atom. The van der Waals surface area contributed by atoms with Crippen LogP contribution in [-0.4, -0.2) is 80.4 Å². The zero-order valence-electron chi connectivity index (χ0n) is 21.9. The minimum Gasteiger partial charge on any atom is -0.388 e. The van der Waals surface area contributed by atoms with Crippen molar-refractivity contribution in [2.24, 2.45) is 11.5 Å². The molecule has 1 rings (SSSR count). The van der Waals surface area contributed by atoms with E-state index in [0.717, 1.165) is 6.42 Å². The summed E-state index contributed by atoms with van der Waals surface area (Å²) in [7, 11) is 1.60. The molecule has 0 aliphatic carbocycles. The number of ether oxygens (including phenoxy) is 4. The lowest BCUT2D eigenvalue weighted by molar-refractivity contribution is -0.263. The molecule has 0 spiro atoms. The van der Waals surface area contributed by atoms with Gasteiger partial charge in [-0.1, -0.05) is 90.4 Å². The Hall–Kier alpha value is -0.320. The minimum atomic E-state index is -1.15. The van der Waals surface area contributed by atoms with Crippen molar-refractivity contribution in [2.45, 2.75) is 134 Å². The van der Waals surface area contributed by atoms with Crippen LogP contribution in [0.4, 0.5) is 0 Å². The van der Waals surface area contributed by atoms with Crippen molar-refractivity contribution in [3.05, 3.63) is 0 Å². The number of aliphatic hydroxyl groups excluding tert-OH is 2. The van der Waals surface area contributed by atoms with Gasteiger partial charge in [-0.15, -0.1) is 0 Å². The second-order valence-corrected chi connectivity index (χ2v) is 9.70. The number of aliphatic hydroxyl groups is 2. The van der Waals surface area contributed by atoms with Crippen LogP contribution >= 0.6 is 0 Å². The van der Waals surface area contributed by atoms with Crippen molar-refractivity contribution in [1.82, 2.24) is 0 Å². The third-order valence-electron chi connectivity index (χ3n) is 6.71. The van der Waals surface area contributed by atoms with E-state index in [-0.39, 0.29) is 19.3 Å². The van der Waals surface area contributed by atoms with E-state index in [1.165, 1.54) is 83.5 Å². The molecule has 0 radical (unpaired) electrons. The van der Waals surface area contributed by atoms with Gasteiger partial charge in [0.15, 0.2) is 6.29 Å². The topological polar surface area (TPSA) is 129 Å². The number of unbranched alkanes of at least 4 members (excludes halogenated alkanes) is 13. The Balaban J connectivity index is 1.97. The summed E-state index contributed by atoms with van der Waals surface area (Å²) < 4.78 is 22.5. The summed E-state index contributed by atoms with van der Waals surface area (Å²) >= 11 is 0. The van der Waals surface area contributed by atoms with Gasteiger partial charge in [-0.2, -0.15) is 0 Å². The highest BCUT2D eigenvalue weighted by atomic mass is 16.7. The normalized spacial score (nSPS) is 26.1. The van der Waals surface area contributed by atoms with Crippen LogP contribution in [0.2, 0.25) is 0 Å². The summed E-state index contributed by atoms with van der Waals surface area (Å²) in [4.78, 5) is 0. The van der Waals surface area contributed by atoms with Crippen molar-refractivity contribution in [3.63, 3.8) is 0 Å². The highest BCUT2D eigenvalue weighted by Gasteiger charge is 2.42. The maximum atomic E-state index is 10.1. The Bertz CT molecular complexity index is 457. The number of rotatable bonds is 22. The van der Waals surface area contributed by atoms with Gasteiger partial charge in [0.1, 0.15) is 24.4 Å². The molecular formula is C26H54N2O6. The van der Waals surface area contributed by atoms with Crippen molar-refractivity contribution < 1.29 is 29.2 Å². The maximum Gasteiger partial charge on any atom is 0.175 e. The third-order valence-corrected chi connectivity index (χ3v) is 6.71. The summed E-state index contributed by atoms with van der Waals surface area (Å²) in [5.74, 6) is 0. The molecule has 1 heterocycles. The first-order valence-electron chi connectivity index (χ1n) is 13.7. The first kappa shape index (κ1) is 31.7. The lowest BCUT2D eigenvalue weighted by atomic mass is 9.97. The molecule has 6 atom stereocenters. The molecule has 0 aromatic carbocycles. The van der Waals surface area contributed by atoms with Gasteiger partial charge in [-0.3, -0.25) is 0 Å². The molecule has 8 nitrogen and oxygen atoms in total. The molecule has 34 heavy (non-hydrogen) atoms. The highest BCUT2D eigenvalue weighted by Crippen LogP contribution is 2.20. The van der Waals surface area contributed by atoms with E-state index < -0.39 is 30.6 Å². The van der Waals surface area contributed by atoms with Crippen LogP contribution in [0.5, 0.6) is 0 Å². The van der Waals surface area contributed by atoms with Gasteiger partial charge in [-0.05, 0) is 6.42 Å². The van der Waals surface area contributed by atoms with E-state index in [2.05, 4.69) is 6.92 Å². The molecule has 1 saturated heterocycles. The predicted molar refractivity (Wildman–Crippen MR) is 136 cm³/mol. The van der Waals surface area contributed by atoms with Crippen LogP contribution in [-0.2, 0) is 18.9 Å². The molecule has 0 aromatic rings. The summed E-state index contributed by atoms with van der Waals surface area (Å²) in [6.07, 6.45) is 14.6. The van der Waals surface area contributed by atoms with Crippen LogP contribution < -0.4 is 11.5 Å². The lowest BCUT2D eigenvalue weighted by Gasteiger charge is -2.40. The van der Waals surface area contributed by atoms with Crippen LogP contribution in [0.3, 0.4) is 0 Å². The van der Waals surface area contributed by atoms with Crippen LogP contribution in [0.15, 0.2) is 0 Å². The van der Waals surface area contributed by atoms with Gasteiger partial charge in [0, 0.05) is 20.3 Å². The summed E-state index contributed by atoms with van der Waals surface area (Å²) in [6.45, 7) is 3.68. The Kier molecular flexibility index (Phi) is 19.4. The molecule has 0 saturated carbocycles. The van der Waals surface area contributed by atoms with Gasteiger partial charge >= 0.3 is 0 Å². The fourth-order valence-corrected chi connectivity index (χ4v) is 4.30. The molecule has 0 aromatic heterocycles. The smallest absolute Gasteiger partial charge is 0.175 e. The van der Waals surface area contributed by atoms with E-state index in [4.69, 9.17) is 30.4 Å². The maximum absolute atomic E-state index is 10.1. The zero-order chi connectivity index (χ0) is 25.0. The molecule has 1 aliphatic rings. The highest BCUT2D eigenvalue weighted by molar-refractivity contribution is 4.92. The quantitative estimate of drug-likeness (QED) is 0.170. The number of methoxy groups -OCH3 is 1. The Morgan fingerprint density at radius 1 is 0.794 bits per heavy atom. The van der Waals surface area contributed by atoms with E-state index in [1.54, 1.807) is 7.11 Å². The van der Waals surface area contributed by atoms with E-state index >= 15 is 0 Å². The molecule has 0 bridgehead atoms. The molecule has 6 N–H and O–H groups in total. The fourth-order valence-electron chi connectivity index (χ4n) is 4.30. The lowest BCUT2D eigenvalue weighted by Crippen LogP contribution is -2.63. The second kappa shape index (κ2) is 20.8. The SMILES string of the molecule is CCCCCCCCCCCCCCCCOCC(CO[C@@H]1OC(CN)[C@H](O)C(O)[C@@H]1N)OC. The number of nitrogens with two attached hydrogens (primary N) is 2. The van der Waals surface area contributed by atoms with Crippen molar-refractivity contribution in [2.75, 3.05) is 33.5 Å².